The van der Waals surface area contributed by atoms with Gasteiger partial charge in [0.1, 0.15) is 5.60 Å². The van der Waals surface area contributed by atoms with Gasteiger partial charge in [0.25, 0.3) is 0 Å². The molecule has 0 spiro atoms. The number of carbonyl (C=O) groups excluding carboxylic acids is 1. The van der Waals surface area contributed by atoms with Gasteiger partial charge < -0.3 is 10.1 Å². The van der Waals surface area contributed by atoms with Crippen LogP contribution >= 0.6 is 0 Å². The van der Waals surface area contributed by atoms with E-state index in [2.05, 4.69) is 10.2 Å². The summed E-state index contributed by atoms with van der Waals surface area (Å²) in [5, 5.41) is 3.53. The second kappa shape index (κ2) is 4.37. The van der Waals surface area contributed by atoms with Gasteiger partial charge in [0.15, 0.2) is 0 Å². The highest BCUT2D eigenvalue weighted by molar-refractivity contribution is 5.71. The molecule has 0 aromatic heterocycles. The summed E-state index contributed by atoms with van der Waals surface area (Å²) in [5.74, 6) is 0.679. The Morgan fingerprint density at radius 1 is 1.32 bits per heavy atom. The summed E-state index contributed by atoms with van der Waals surface area (Å²) in [7, 11) is 0. The molecule has 1 saturated carbocycles. The third kappa shape index (κ3) is 2.14. The SMILES string of the molecule is CC(C)(C)OC(=O)N1[C@H]2CC[C@]1(C1CCC1)CNC2. The number of ether oxygens (including phenoxy) is 1. The summed E-state index contributed by atoms with van der Waals surface area (Å²) in [4.78, 5) is 14.7. The largest absolute Gasteiger partial charge is 0.444 e. The van der Waals surface area contributed by atoms with E-state index in [9.17, 15) is 4.79 Å². The Hall–Kier alpha value is -0.770. The van der Waals surface area contributed by atoms with Crippen LogP contribution in [0.5, 0.6) is 0 Å². The van der Waals surface area contributed by atoms with Crippen molar-refractivity contribution in [3.63, 3.8) is 0 Å². The summed E-state index contributed by atoms with van der Waals surface area (Å²) in [5.41, 5.74) is -0.355. The van der Waals surface area contributed by atoms with Crippen LogP contribution in [-0.4, -0.2) is 41.3 Å². The van der Waals surface area contributed by atoms with E-state index in [1.165, 1.54) is 19.3 Å². The minimum atomic E-state index is -0.401. The van der Waals surface area contributed by atoms with Crippen LogP contribution in [0, 0.1) is 5.92 Å². The number of nitrogens with zero attached hydrogens (tertiary/aromatic N) is 1. The monoisotopic (exact) mass is 266 g/mol. The number of nitrogens with one attached hydrogen (secondary N) is 1. The molecule has 0 unspecified atom stereocenters. The van der Waals surface area contributed by atoms with Crippen LogP contribution in [0.2, 0.25) is 0 Å². The van der Waals surface area contributed by atoms with Gasteiger partial charge in [-0.1, -0.05) is 6.42 Å². The van der Waals surface area contributed by atoms with Crippen molar-refractivity contribution in [3.8, 4) is 0 Å². The van der Waals surface area contributed by atoms with Crippen molar-refractivity contribution in [1.29, 1.82) is 0 Å². The first-order valence-corrected chi connectivity index (χ1v) is 7.65. The maximum atomic E-state index is 12.6. The average Bonchev–Trinajstić information content (AvgIpc) is 2.41. The quantitative estimate of drug-likeness (QED) is 0.793. The number of carbonyl (C=O) groups is 1. The molecule has 2 bridgehead atoms. The van der Waals surface area contributed by atoms with Crippen LogP contribution in [0.15, 0.2) is 0 Å². The zero-order valence-electron chi connectivity index (χ0n) is 12.4. The van der Waals surface area contributed by atoms with E-state index in [4.69, 9.17) is 4.74 Å². The van der Waals surface area contributed by atoms with E-state index in [0.29, 0.717) is 12.0 Å². The average molecular weight is 266 g/mol. The van der Waals surface area contributed by atoms with Crippen molar-refractivity contribution in [2.24, 2.45) is 5.92 Å². The Balaban J connectivity index is 1.83. The van der Waals surface area contributed by atoms with Gasteiger partial charge in [-0.15, -0.1) is 0 Å². The maximum Gasteiger partial charge on any atom is 0.411 e. The topological polar surface area (TPSA) is 41.6 Å². The number of hydrogen-bond donors (Lipinski definition) is 1. The fourth-order valence-corrected chi connectivity index (χ4v) is 3.98. The predicted molar refractivity (Wildman–Crippen MR) is 74.0 cm³/mol. The molecule has 3 aliphatic rings. The number of rotatable bonds is 1. The third-order valence-corrected chi connectivity index (χ3v) is 5.02. The van der Waals surface area contributed by atoms with Gasteiger partial charge in [0.05, 0.1) is 5.54 Å². The summed E-state index contributed by atoms with van der Waals surface area (Å²) >= 11 is 0. The van der Waals surface area contributed by atoms with Crippen molar-refractivity contribution in [2.75, 3.05) is 13.1 Å². The van der Waals surface area contributed by atoms with Crippen molar-refractivity contribution in [3.05, 3.63) is 0 Å². The smallest absolute Gasteiger partial charge is 0.411 e. The Morgan fingerprint density at radius 3 is 2.63 bits per heavy atom. The molecule has 108 valence electrons. The fourth-order valence-electron chi connectivity index (χ4n) is 3.98. The molecule has 0 aromatic rings. The lowest BCUT2D eigenvalue weighted by atomic mass is 9.69. The Bertz CT molecular complexity index is 369. The fraction of sp³-hybridized carbons (Fsp3) is 0.933. The lowest BCUT2D eigenvalue weighted by molar-refractivity contribution is -0.0388. The molecule has 1 amide bonds. The number of fused-ring (bicyclic) bond motifs is 2. The van der Waals surface area contributed by atoms with Crippen molar-refractivity contribution < 1.29 is 9.53 Å². The van der Waals surface area contributed by atoms with Crippen LogP contribution in [-0.2, 0) is 4.74 Å². The second-order valence-electron chi connectivity index (χ2n) is 7.41. The third-order valence-electron chi connectivity index (χ3n) is 5.02. The summed E-state index contributed by atoms with van der Waals surface area (Å²) in [6.45, 7) is 7.72. The highest BCUT2D eigenvalue weighted by atomic mass is 16.6. The van der Waals surface area contributed by atoms with Gasteiger partial charge >= 0.3 is 6.09 Å². The first-order valence-electron chi connectivity index (χ1n) is 7.65. The lowest BCUT2D eigenvalue weighted by Gasteiger charge is -2.52. The van der Waals surface area contributed by atoms with Gasteiger partial charge in [-0.3, -0.25) is 4.90 Å². The molecule has 1 N–H and O–H groups in total. The van der Waals surface area contributed by atoms with Crippen molar-refractivity contribution in [2.45, 2.75) is 70.1 Å². The number of hydrogen-bond acceptors (Lipinski definition) is 3. The molecule has 4 nitrogen and oxygen atoms in total. The summed E-state index contributed by atoms with van der Waals surface area (Å²) < 4.78 is 5.66. The van der Waals surface area contributed by atoms with Crippen LogP contribution in [0.1, 0.15) is 52.9 Å². The van der Waals surface area contributed by atoms with E-state index in [0.717, 1.165) is 25.9 Å². The van der Waals surface area contributed by atoms with E-state index in [-0.39, 0.29) is 11.6 Å². The molecule has 0 aromatic carbocycles. The van der Waals surface area contributed by atoms with Gasteiger partial charge in [0.2, 0.25) is 0 Å². The molecular weight excluding hydrogens is 240 g/mol. The van der Waals surface area contributed by atoms with Gasteiger partial charge in [0, 0.05) is 19.1 Å². The molecule has 3 rings (SSSR count). The molecule has 1 aliphatic carbocycles. The highest BCUT2D eigenvalue weighted by Gasteiger charge is 2.57. The van der Waals surface area contributed by atoms with E-state index in [1.807, 2.05) is 20.8 Å². The Morgan fingerprint density at radius 2 is 2.05 bits per heavy atom. The maximum absolute atomic E-state index is 12.6. The molecule has 3 fully saturated rings. The van der Waals surface area contributed by atoms with Gasteiger partial charge in [-0.05, 0) is 52.4 Å². The zero-order valence-corrected chi connectivity index (χ0v) is 12.4. The molecule has 19 heavy (non-hydrogen) atoms. The Kier molecular flexibility index (Phi) is 3.04. The molecule has 4 heteroatoms. The molecular formula is C15H26N2O2. The molecule has 0 radical (unpaired) electrons. The first-order chi connectivity index (χ1) is 8.92. The number of piperazine rings is 1. The van der Waals surface area contributed by atoms with Gasteiger partial charge in [-0.25, -0.2) is 4.79 Å². The van der Waals surface area contributed by atoms with Crippen molar-refractivity contribution >= 4 is 6.09 Å². The molecule has 2 saturated heterocycles. The first kappa shape index (κ1) is 13.2. The standard InChI is InChI=1S/C15H26N2O2/c1-14(2,3)19-13(18)17-12-7-8-15(17,10-16-9-12)11-5-4-6-11/h11-12,16H,4-10H2,1-3H3/t12-,15+/m0/s1. The van der Waals surface area contributed by atoms with Gasteiger partial charge in [-0.2, -0.15) is 0 Å². The zero-order chi connectivity index (χ0) is 13.7. The minimum Gasteiger partial charge on any atom is -0.444 e. The lowest BCUT2D eigenvalue weighted by Crippen LogP contribution is -2.66. The molecule has 2 aliphatic heterocycles. The Labute approximate surface area is 115 Å². The minimum absolute atomic E-state index is 0.0451. The van der Waals surface area contributed by atoms with Crippen LogP contribution in [0.4, 0.5) is 4.79 Å². The molecule has 2 heterocycles. The normalized spacial score (nSPS) is 35.1. The summed E-state index contributed by atoms with van der Waals surface area (Å²) in [6, 6.07) is 0.337. The predicted octanol–water partition coefficient (Wildman–Crippen LogP) is 2.53. The highest BCUT2D eigenvalue weighted by Crippen LogP contribution is 2.49. The molecule has 2 atom stereocenters. The van der Waals surface area contributed by atoms with Crippen LogP contribution in [0.3, 0.4) is 0 Å². The number of amides is 1. The second-order valence-corrected chi connectivity index (χ2v) is 7.41. The summed E-state index contributed by atoms with van der Waals surface area (Å²) in [6.07, 6.45) is 6.04. The van der Waals surface area contributed by atoms with E-state index < -0.39 is 5.60 Å². The van der Waals surface area contributed by atoms with E-state index in [1.54, 1.807) is 0 Å². The van der Waals surface area contributed by atoms with E-state index >= 15 is 0 Å². The van der Waals surface area contributed by atoms with Crippen LogP contribution < -0.4 is 5.32 Å². The van der Waals surface area contributed by atoms with Crippen LogP contribution in [0.25, 0.3) is 0 Å². The van der Waals surface area contributed by atoms with Crippen molar-refractivity contribution in [1.82, 2.24) is 10.2 Å².